The van der Waals surface area contributed by atoms with E-state index in [1.54, 1.807) is 0 Å². The molecule has 1 aromatic rings. The lowest BCUT2D eigenvalue weighted by Gasteiger charge is -2.22. The third-order valence-electron chi connectivity index (χ3n) is 3.66. The molecule has 5 nitrogen and oxygen atoms in total. The van der Waals surface area contributed by atoms with Crippen LogP contribution in [0.1, 0.15) is 45.6 Å². The van der Waals surface area contributed by atoms with Crippen molar-refractivity contribution in [1.29, 1.82) is 0 Å². The van der Waals surface area contributed by atoms with Gasteiger partial charge in [-0.25, -0.2) is 4.79 Å². The molecule has 2 atom stereocenters. The summed E-state index contributed by atoms with van der Waals surface area (Å²) in [6.07, 6.45) is 2.51. The first kappa shape index (κ1) is 16.6. The Kier molecular flexibility index (Phi) is 5.29. The molecule has 122 valence electrons. The normalized spacial score (nSPS) is 21.5. The van der Waals surface area contributed by atoms with Gasteiger partial charge < -0.3 is 20.5 Å². The monoisotopic (exact) mass is 306 g/mol. The van der Waals surface area contributed by atoms with Crippen molar-refractivity contribution in [1.82, 2.24) is 5.32 Å². The number of aliphatic hydroxyl groups excluding tert-OH is 1. The smallest absolute Gasteiger partial charge is 0.407 e. The topological polar surface area (TPSA) is 70.6 Å². The molecular formula is C17H26N2O3. The highest BCUT2D eigenvalue weighted by Gasteiger charge is 2.27. The van der Waals surface area contributed by atoms with Crippen LogP contribution in [0.2, 0.25) is 0 Å². The van der Waals surface area contributed by atoms with Crippen LogP contribution in [-0.4, -0.2) is 28.9 Å². The molecule has 0 radical (unpaired) electrons. The van der Waals surface area contributed by atoms with Gasteiger partial charge in [0, 0.05) is 17.8 Å². The predicted octanol–water partition coefficient (Wildman–Crippen LogP) is 3.04. The van der Waals surface area contributed by atoms with Gasteiger partial charge in [-0.2, -0.15) is 0 Å². The molecule has 0 saturated heterocycles. The van der Waals surface area contributed by atoms with Gasteiger partial charge in [0.05, 0.1) is 6.61 Å². The minimum absolute atomic E-state index is 0.0611. The van der Waals surface area contributed by atoms with Crippen molar-refractivity contribution in [3.63, 3.8) is 0 Å². The number of carbonyl (C=O) groups excluding carboxylic acids is 1. The maximum Gasteiger partial charge on any atom is 0.407 e. The second-order valence-corrected chi connectivity index (χ2v) is 6.85. The van der Waals surface area contributed by atoms with Crippen molar-refractivity contribution >= 4 is 11.8 Å². The maximum atomic E-state index is 11.8. The van der Waals surface area contributed by atoms with Crippen molar-refractivity contribution in [3.05, 3.63) is 29.8 Å². The molecule has 5 heteroatoms. The van der Waals surface area contributed by atoms with Crippen LogP contribution >= 0.6 is 0 Å². The van der Waals surface area contributed by atoms with Gasteiger partial charge in [-0.05, 0) is 57.7 Å². The summed E-state index contributed by atoms with van der Waals surface area (Å²) in [4.78, 5) is 11.8. The number of nitrogens with one attached hydrogen (secondary N) is 2. The molecule has 1 aromatic carbocycles. The average Bonchev–Trinajstić information content (AvgIpc) is 2.84. The molecule has 1 saturated carbocycles. The van der Waals surface area contributed by atoms with E-state index in [9.17, 15) is 4.79 Å². The highest BCUT2D eigenvalue weighted by atomic mass is 16.6. The van der Waals surface area contributed by atoms with Gasteiger partial charge in [0.2, 0.25) is 0 Å². The Labute approximate surface area is 132 Å². The van der Waals surface area contributed by atoms with Crippen LogP contribution in [0.4, 0.5) is 10.5 Å². The van der Waals surface area contributed by atoms with Crippen LogP contribution in [0.25, 0.3) is 0 Å². The van der Waals surface area contributed by atoms with Crippen molar-refractivity contribution < 1.29 is 14.6 Å². The van der Waals surface area contributed by atoms with Crippen molar-refractivity contribution in [2.45, 2.75) is 64.3 Å². The van der Waals surface area contributed by atoms with E-state index in [2.05, 4.69) is 10.6 Å². The number of hydrogen-bond donors (Lipinski definition) is 3. The van der Waals surface area contributed by atoms with E-state index >= 15 is 0 Å². The molecule has 0 spiro atoms. The van der Waals surface area contributed by atoms with Crippen LogP contribution in [0.15, 0.2) is 24.3 Å². The van der Waals surface area contributed by atoms with Crippen molar-refractivity contribution in [3.8, 4) is 0 Å². The first-order chi connectivity index (χ1) is 10.4. The minimum atomic E-state index is -0.464. The summed E-state index contributed by atoms with van der Waals surface area (Å²) in [6.45, 7) is 5.65. The van der Waals surface area contributed by atoms with Crippen molar-refractivity contribution in [2.75, 3.05) is 5.32 Å². The van der Waals surface area contributed by atoms with Crippen molar-refractivity contribution in [2.24, 2.45) is 0 Å². The van der Waals surface area contributed by atoms with Gasteiger partial charge >= 0.3 is 6.09 Å². The first-order valence-corrected chi connectivity index (χ1v) is 7.81. The Bertz CT molecular complexity index is 494. The fourth-order valence-electron chi connectivity index (χ4n) is 2.66. The molecule has 1 fully saturated rings. The van der Waals surface area contributed by atoms with E-state index in [-0.39, 0.29) is 18.7 Å². The zero-order valence-electron chi connectivity index (χ0n) is 13.6. The van der Waals surface area contributed by atoms with E-state index in [0.29, 0.717) is 6.04 Å². The molecular weight excluding hydrogens is 280 g/mol. The van der Waals surface area contributed by atoms with E-state index < -0.39 is 5.60 Å². The van der Waals surface area contributed by atoms with Gasteiger partial charge in [-0.15, -0.1) is 0 Å². The fourth-order valence-corrected chi connectivity index (χ4v) is 2.66. The largest absolute Gasteiger partial charge is 0.444 e. The summed E-state index contributed by atoms with van der Waals surface area (Å²) in [5.41, 5.74) is 1.48. The number of aliphatic hydroxyl groups is 1. The number of alkyl carbamates (subject to hydrolysis) is 1. The van der Waals surface area contributed by atoms with Crippen LogP contribution in [-0.2, 0) is 11.3 Å². The number of carbonyl (C=O) groups is 1. The molecule has 22 heavy (non-hydrogen) atoms. The van der Waals surface area contributed by atoms with Gasteiger partial charge in [-0.1, -0.05) is 12.1 Å². The standard InChI is InChI=1S/C17H26N2O3/c1-17(2,3)22-16(21)19-15-9-8-14(10-15)18-13-6-4-12(11-20)5-7-13/h4-7,14-15,18,20H,8-11H2,1-3H3,(H,19,21). The summed E-state index contributed by atoms with van der Waals surface area (Å²) >= 11 is 0. The molecule has 2 unspecified atom stereocenters. The van der Waals surface area contributed by atoms with Gasteiger partial charge in [0.1, 0.15) is 5.60 Å². The van der Waals surface area contributed by atoms with Gasteiger partial charge in [0.15, 0.2) is 0 Å². The van der Waals surface area contributed by atoms with Crippen LogP contribution < -0.4 is 10.6 Å². The maximum absolute atomic E-state index is 11.8. The SMILES string of the molecule is CC(C)(C)OC(=O)NC1CCC(Nc2ccc(CO)cc2)C1. The Hall–Kier alpha value is -1.75. The lowest BCUT2D eigenvalue weighted by molar-refractivity contribution is 0.0505. The van der Waals surface area contributed by atoms with E-state index in [4.69, 9.17) is 9.84 Å². The second-order valence-electron chi connectivity index (χ2n) is 6.85. The molecule has 2 rings (SSSR count). The number of ether oxygens (including phenoxy) is 1. The van der Waals surface area contributed by atoms with Crippen LogP contribution in [0.3, 0.4) is 0 Å². The number of anilines is 1. The Morgan fingerprint density at radius 1 is 1.23 bits per heavy atom. The van der Waals surface area contributed by atoms with Gasteiger partial charge in [0.25, 0.3) is 0 Å². The summed E-state index contributed by atoms with van der Waals surface area (Å²) < 4.78 is 5.28. The zero-order valence-corrected chi connectivity index (χ0v) is 13.6. The predicted molar refractivity (Wildman–Crippen MR) is 86.8 cm³/mol. The van der Waals surface area contributed by atoms with E-state index in [1.165, 1.54) is 0 Å². The van der Waals surface area contributed by atoms with E-state index in [0.717, 1.165) is 30.5 Å². The minimum Gasteiger partial charge on any atom is -0.444 e. The fraction of sp³-hybridized carbons (Fsp3) is 0.588. The average molecular weight is 306 g/mol. The molecule has 1 aliphatic rings. The van der Waals surface area contributed by atoms with Gasteiger partial charge in [-0.3, -0.25) is 0 Å². The molecule has 0 aromatic heterocycles. The zero-order chi connectivity index (χ0) is 16.2. The molecule has 1 aliphatic carbocycles. The summed E-state index contributed by atoms with van der Waals surface area (Å²) in [7, 11) is 0. The van der Waals surface area contributed by atoms with E-state index in [1.807, 2.05) is 45.0 Å². The number of hydrogen-bond acceptors (Lipinski definition) is 4. The molecule has 0 bridgehead atoms. The Morgan fingerprint density at radius 2 is 1.86 bits per heavy atom. The summed E-state index contributed by atoms with van der Waals surface area (Å²) in [5.74, 6) is 0. The summed E-state index contributed by atoms with van der Waals surface area (Å²) in [5, 5.41) is 15.4. The molecule has 0 aliphatic heterocycles. The third-order valence-corrected chi connectivity index (χ3v) is 3.66. The highest BCUT2D eigenvalue weighted by Crippen LogP contribution is 2.23. The molecule has 0 heterocycles. The lowest BCUT2D eigenvalue weighted by atomic mass is 10.2. The molecule has 3 N–H and O–H groups in total. The number of benzene rings is 1. The Morgan fingerprint density at radius 3 is 2.45 bits per heavy atom. The Balaban J connectivity index is 1.78. The first-order valence-electron chi connectivity index (χ1n) is 7.81. The molecule has 1 amide bonds. The van der Waals surface area contributed by atoms with Crippen LogP contribution in [0, 0.1) is 0 Å². The number of amides is 1. The highest BCUT2D eigenvalue weighted by molar-refractivity contribution is 5.68. The van der Waals surface area contributed by atoms with Crippen LogP contribution in [0.5, 0.6) is 0 Å². The quantitative estimate of drug-likeness (QED) is 0.799. The number of rotatable bonds is 4. The lowest BCUT2D eigenvalue weighted by Crippen LogP contribution is -2.38. The summed E-state index contributed by atoms with van der Waals surface area (Å²) in [6, 6.07) is 8.27. The second kappa shape index (κ2) is 7.01. The third kappa shape index (κ3) is 5.22.